The van der Waals surface area contributed by atoms with Gasteiger partial charge < -0.3 is 4.90 Å². The Labute approximate surface area is 102 Å². The van der Waals surface area contributed by atoms with Gasteiger partial charge in [-0.1, -0.05) is 15.9 Å². The Hall–Kier alpha value is 0.390. The van der Waals surface area contributed by atoms with Crippen molar-refractivity contribution in [2.75, 3.05) is 14.1 Å². The third kappa shape index (κ3) is 3.22. The van der Waals surface area contributed by atoms with Crippen molar-refractivity contribution in [3.8, 4) is 0 Å². The summed E-state index contributed by atoms with van der Waals surface area (Å²) in [5.41, 5.74) is 2.73. The maximum absolute atomic E-state index is 3.52. The molecule has 1 aromatic rings. The van der Waals surface area contributed by atoms with E-state index in [0.717, 1.165) is 6.54 Å². The molecule has 1 aromatic carbocycles. The molecule has 0 unspecified atom stereocenters. The first-order chi connectivity index (χ1) is 6.00. The van der Waals surface area contributed by atoms with E-state index in [-0.39, 0.29) is 0 Å². The third-order valence-corrected chi connectivity index (χ3v) is 3.78. The summed E-state index contributed by atoms with van der Waals surface area (Å²) in [7, 11) is 4.18. The Morgan fingerprint density at radius 3 is 2.54 bits per heavy atom. The summed E-state index contributed by atoms with van der Waals surface area (Å²) in [5.74, 6) is 0. The second-order valence-electron chi connectivity index (χ2n) is 3.43. The molecular weight excluding hydrogens is 341 g/mol. The standard InChI is InChI=1S/C10H13BrIN/c1-7-4-9(11)5-8(10(7)12)6-13(2)3/h4-5H,6H2,1-3H3. The van der Waals surface area contributed by atoms with Crippen LogP contribution in [0.5, 0.6) is 0 Å². The number of rotatable bonds is 2. The van der Waals surface area contributed by atoms with E-state index in [2.05, 4.69) is 76.6 Å². The number of hydrogen-bond donors (Lipinski definition) is 0. The zero-order valence-electron chi connectivity index (χ0n) is 8.06. The molecule has 0 aromatic heterocycles. The van der Waals surface area contributed by atoms with Crippen LogP contribution in [0.25, 0.3) is 0 Å². The SMILES string of the molecule is Cc1cc(Br)cc(CN(C)C)c1I. The molecule has 1 rings (SSSR count). The first-order valence-electron chi connectivity index (χ1n) is 4.10. The summed E-state index contributed by atoms with van der Waals surface area (Å²) < 4.78 is 2.54. The van der Waals surface area contributed by atoms with Gasteiger partial charge in [0.25, 0.3) is 0 Å². The average Bonchev–Trinajstić information content (AvgIpc) is 1.98. The van der Waals surface area contributed by atoms with Crippen molar-refractivity contribution in [2.24, 2.45) is 0 Å². The number of nitrogens with zero attached hydrogens (tertiary/aromatic N) is 1. The van der Waals surface area contributed by atoms with Crippen LogP contribution in [0.2, 0.25) is 0 Å². The fraction of sp³-hybridized carbons (Fsp3) is 0.400. The number of benzene rings is 1. The van der Waals surface area contributed by atoms with Crippen LogP contribution in [-0.2, 0) is 6.54 Å². The summed E-state index contributed by atoms with van der Waals surface area (Å²) in [6.07, 6.45) is 0. The van der Waals surface area contributed by atoms with Gasteiger partial charge in [0.1, 0.15) is 0 Å². The molecule has 0 heterocycles. The highest BCUT2D eigenvalue weighted by atomic mass is 127. The van der Waals surface area contributed by atoms with Crippen LogP contribution in [0.1, 0.15) is 11.1 Å². The second-order valence-corrected chi connectivity index (χ2v) is 5.43. The Morgan fingerprint density at radius 2 is 2.00 bits per heavy atom. The maximum atomic E-state index is 3.52. The van der Waals surface area contributed by atoms with Gasteiger partial charge in [0.05, 0.1) is 0 Å². The predicted molar refractivity (Wildman–Crippen MR) is 69.0 cm³/mol. The molecule has 0 saturated carbocycles. The van der Waals surface area contributed by atoms with Gasteiger partial charge in [-0.3, -0.25) is 0 Å². The first kappa shape index (κ1) is 11.5. The molecule has 0 saturated heterocycles. The van der Waals surface area contributed by atoms with E-state index < -0.39 is 0 Å². The normalized spacial score (nSPS) is 10.9. The maximum Gasteiger partial charge on any atom is 0.0238 e. The minimum Gasteiger partial charge on any atom is -0.305 e. The van der Waals surface area contributed by atoms with E-state index in [1.165, 1.54) is 19.2 Å². The Morgan fingerprint density at radius 1 is 1.38 bits per heavy atom. The zero-order chi connectivity index (χ0) is 10.0. The largest absolute Gasteiger partial charge is 0.305 e. The fourth-order valence-electron chi connectivity index (χ4n) is 1.25. The smallest absolute Gasteiger partial charge is 0.0238 e. The zero-order valence-corrected chi connectivity index (χ0v) is 11.8. The quantitative estimate of drug-likeness (QED) is 0.736. The van der Waals surface area contributed by atoms with Gasteiger partial charge in [0.15, 0.2) is 0 Å². The molecule has 0 N–H and O–H groups in total. The molecule has 72 valence electrons. The highest BCUT2D eigenvalue weighted by molar-refractivity contribution is 14.1. The molecule has 0 bridgehead atoms. The van der Waals surface area contributed by atoms with Crippen LogP contribution in [-0.4, -0.2) is 19.0 Å². The van der Waals surface area contributed by atoms with Crippen LogP contribution in [0, 0.1) is 10.5 Å². The van der Waals surface area contributed by atoms with E-state index in [4.69, 9.17) is 0 Å². The fourth-order valence-corrected chi connectivity index (χ4v) is 2.35. The van der Waals surface area contributed by atoms with E-state index >= 15 is 0 Å². The lowest BCUT2D eigenvalue weighted by molar-refractivity contribution is 0.401. The molecule has 0 spiro atoms. The summed E-state index contributed by atoms with van der Waals surface area (Å²) >= 11 is 5.92. The molecule has 0 fully saturated rings. The van der Waals surface area contributed by atoms with E-state index in [1.807, 2.05) is 0 Å². The molecule has 1 nitrogen and oxygen atoms in total. The first-order valence-corrected chi connectivity index (χ1v) is 5.97. The van der Waals surface area contributed by atoms with Gasteiger partial charge in [0.2, 0.25) is 0 Å². The number of hydrogen-bond acceptors (Lipinski definition) is 1. The average molecular weight is 354 g/mol. The molecule has 0 aliphatic heterocycles. The van der Waals surface area contributed by atoms with Crippen molar-refractivity contribution in [1.29, 1.82) is 0 Å². The molecule has 0 radical (unpaired) electrons. The van der Waals surface area contributed by atoms with Crippen molar-refractivity contribution in [3.05, 3.63) is 31.3 Å². The van der Waals surface area contributed by atoms with Crippen LogP contribution >= 0.6 is 38.5 Å². The summed E-state index contributed by atoms with van der Waals surface area (Å²) in [6, 6.07) is 4.34. The molecule has 3 heteroatoms. The monoisotopic (exact) mass is 353 g/mol. The van der Waals surface area contributed by atoms with Crippen LogP contribution in [0.15, 0.2) is 16.6 Å². The minimum absolute atomic E-state index is 0.999. The highest BCUT2D eigenvalue weighted by Crippen LogP contribution is 2.23. The van der Waals surface area contributed by atoms with Gasteiger partial charge in [-0.25, -0.2) is 0 Å². The summed E-state index contributed by atoms with van der Waals surface area (Å²) in [4.78, 5) is 2.18. The molecule has 0 atom stereocenters. The van der Waals surface area contributed by atoms with Crippen LogP contribution < -0.4 is 0 Å². The lowest BCUT2D eigenvalue weighted by Crippen LogP contribution is -2.12. The minimum atomic E-state index is 0.999. The molecular formula is C10H13BrIN. The number of halogens is 2. The van der Waals surface area contributed by atoms with Gasteiger partial charge in [-0.2, -0.15) is 0 Å². The Kier molecular flexibility index (Phi) is 4.19. The van der Waals surface area contributed by atoms with Crippen molar-refractivity contribution in [2.45, 2.75) is 13.5 Å². The topological polar surface area (TPSA) is 3.24 Å². The van der Waals surface area contributed by atoms with Crippen molar-refractivity contribution in [3.63, 3.8) is 0 Å². The summed E-state index contributed by atoms with van der Waals surface area (Å²) in [6.45, 7) is 3.14. The third-order valence-electron chi connectivity index (χ3n) is 1.78. The second kappa shape index (κ2) is 4.75. The van der Waals surface area contributed by atoms with Crippen molar-refractivity contribution >= 4 is 38.5 Å². The van der Waals surface area contributed by atoms with E-state index in [0.29, 0.717) is 0 Å². The predicted octanol–water partition coefficient (Wildman–Crippen LogP) is 3.42. The highest BCUT2D eigenvalue weighted by Gasteiger charge is 2.05. The van der Waals surface area contributed by atoms with Gasteiger partial charge in [-0.15, -0.1) is 0 Å². The Balaban J connectivity index is 3.05. The van der Waals surface area contributed by atoms with Crippen molar-refractivity contribution in [1.82, 2.24) is 4.90 Å². The lowest BCUT2D eigenvalue weighted by atomic mass is 10.1. The van der Waals surface area contributed by atoms with E-state index in [9.17, 15) is 0 Å². The lowest BCUT2D eigenvalue weighted by Gasteiger charge is -2.13. The van der Waals surface area contributed by atoms with Crippen molar-refractivity contribution < 1.29 is 0 Å². The molecule has 0 amide bonds. The van der Waals surface area contributed by atoms with Crippen LogP contribution in [0.4, 0.5) is 0 Å². The molecule has 0 aliphatic rings. The number of aryl methyl sites for hydroxylation is 1. The molecule has 0 aliphatic carbocycles. The summed E-state index contributed by atoms with van der Waals surface area (Å²) in [5, 5.41) is 0. The van der Waals surface area contributed by atoms with E-state index in [1.54, 1.807) is 0 Å². The van der Waals surface area contributed by atoms with Crippen LogP contribution in [0.3, 0.4) is 0 Å². The van der Waals surface area contributed by atoms with Gasteiger partial charge >= 0.3 is 0 Å². The Bertz CT molecular complexity index is 310. The van der Waals surface area contributed by atoms with Gasteiger partial charge in [0, 0.05) is 14.6 Å². The molecule has 13 heavy (non-hydrogen) atoms. The van der Waals surface area contributed by atoms with Gasteiger partial charge in [-0.05, 0) is 66.9 Å².